The topological polar surface area (TPSA) is 61.8 Å². The summed E-state index contributed by atoms with van der Waals surface area (Å²) in [5.41, 5.74) is -6.80. The van der Waals surface area contributed by atoms with Gasteiger partial charge in [-0.2, -0.15) is 34.8 Å². The van der Waals surface area contributed by atoms with Crippen molar-refractivity contribution in [3.63, 3.8) is 0 Å². The lowest BCUT2D eigenvalue weighted by Gasteiger charge is -2.15. The minimum atomic E-state index is -6.03. The molecule has 0 unspecified atom stereocenters. The van der Waals surface area contributed by atoms with E-state index in [1.165, 1.54) is 7.11 Å². The Labute approximate surface area is 143 Å². The highest BCUT2D eigenvalue weighted by Crippen LogP contribution is 2.38. The number of rotatable bonds is 5. The van der Waals surface area contributed by atoms with Crippen LogP contribution in [0.15, 0.2) is 30.3 Å². The van der Waals surface area contributed by atoms with Crippen LogP contribution in [0.2, 0.25) is 0 Å². The van der Waals surface area contributed by atoms with Gasteiger partial charge in [-0.05, 0) is 29.7 Å². The van der Waals surface area contributed by atoms with E-state index in [1.54, 1.807) is 0 Å². The van der Waals surface area contributed by atoms with Crippen molar-refractivity contribution in [1.29, 1.82) is 0 Å². The Kier molecular flexibility index (Phi) is 5.29. The van der Waals surface area contributed by atoms with Gasteiger partial charge in [-0.25, -0.2) is 0 Å². The van der Waals surface area contributed by atoms with E-state index in [4.69, 9.17) is 4.74 Å². The van der Waals surface area contributed by atoms with E-state index in [2.05, 4.69) is 8.92 Å². The monoisotopic (exact) mass is 404 g/mol. The van der Waals surface area contributed by atoms with Crippen LogP contribution in [0.1, 0.15) is 5.56 Å². The first-order chi connectivity index (χ1) is 11.8. The zero-order valence-corrected chi connectivity index (χ0v) is 13.6. The Bertz CT molecular complexity index is 904. The highest BCUT2D eigenvalue weighted by Gasteiger charge is 2.48. The highest BCUT2D eigenvalue weighted by molar-refractivity contribution is 7.88. The second kappa shape index (κ2) is 6.83. The van der Waals surface area contributed by atoms with Gasteiger partial charge < -0.3 is 13.7 Å². The summed E-state index contributed by atoms with van der Waals surface area (Å²) >= 11 is 0. The van der Waals surface area contributed by atoms with Gasteiger partial charge in [0.05, 0.1) is 5.56 Å². The molecule has 5 nitrogen and oxygen atoms in total. The zero-order chi connectivity index (χ0) is 19.8. The summed E-state index contributed by atoms with van der Waals surface area (Å²) in [6, 6.07) is 3.90. The van der Waals surface area contributed by atoms with Crippen molar-refractivity contribution in [2.75, 3.05) is 13.9 Å². The van der Waals surface area contributed by atoms with Gasteiger partial charge in [-0.15, -0.1) is 0 Å². The molecule has 0 heterocycles. The minimum Gasteiger partial charge on any atom is -0.467 e. The average molecular weight is 404 g/mol. The zero-order valence-electron chi connectivity index (χ0n) is 12.8. The number of benzene rings is 2. The molecular formula is C14H10F6O5S. The van der Waals surface area contributed by atoms with E-state index in [9.17, 15) is 34.8 Å². The predicted octanol–water partition coefficient (Wildman–Crippen LogP) is 4.07. The average Bonchev–Trinajstić information content (AvgIpc) is 2.50. The van der Waals surface area contributed by atoms with Crippen LogP contribution in [0.25, 0.3) is 10.8 Å². The third-order valence-corrected chi connectivity index (χ3v) is 4.01. The number of halogens is 6. The fourth-order valence-electron chi connectivity index (χ4n) is 1.93. The molecule has 0 radical (unpaired) electrons. The molecule has 0 atom stereocenters. The van der Waals surface area contributed by atoms with Gasteiger partial charge in [0.15, 0.2) is 12.5 Å². The second-order valence-corrected chi connectivity index (χ2v) is 6.43. The Morgan fingerprint density at radius 2 is 1.65 bits per heavy atom. The van der Waals surface area contributed by atoms with Gasteiger partial charge in [0.1, 0.15) is 5.75 Å². The lowest BCUT2D eigenvalue weighted by atomic mass is 10.1. The molecule has 0 aliphatic carbocycles. The van der Waals surface area contributed by atoms with Crippen LogP contribution in [0.4, 0.5) is 26.3 Å². The first-order valence-corrected chi connectivity index (χ1v) is 8.03. The van der Waals surface area contributed by atoms with Gasteiger partial charge in [0.25, 0.3) is 0 Å². The van der Waals surface area contributed by atoms with Gasteiger partial charge in [-0.1, -0.05) is 0 Å². The van der Waals surface area contributed by atoms with Crippen LogP contribution in [0.5, 0.6) is 11.5 Å². The summed E-state index contributed by atoms with van der Waals surface area (Å²) in [5, 5.41) is -0.517. The normalized spacial score (nSPS) is 13.0. The number of hydrogen-bond donors (Lipinski definition) is 0. The Morgan fingerprint density at radius 1 is 1.00 bits per heavy atom. The first kappa shape index (κ1) is 20.1. The maximum absolute atomic E-state index is 12.8. The van der Waals surface area contributed by atoms with Crippen molar-refractivity contribution >= 4 is 20.9 Å². The van der Waals surface area contributed by atoms with E-state index < -0.39 is 33.1 Å². The molecule has 0 aromatic heterocycles. The third kappa shape index (κ3) is 4.30. The second-order valence-electron chi connectivity index (χ2n) is 4.89. The molecule has 0 amide bonds. The molecule has 0 fully saturated rings. The van der Waals surface area contributed by atoms with Crippen molar-refractivity contribution < 1.29 is 48.4 Å². The fourth-order valence-corrected chi connectivity index (χ4v) is 2.40. The summed E-state index contributed by atoms with van der Waals surface area (Å²) in [4.78, 5) is 0. The number of hydrogen-bond acceptors (Lipinski definition) is 5. The molecule has 0 bridgehead atoms. The third-order valence-electron chi connectivity index (χ3n) is 3.04. The van der Waals surface area contributed by atoms with Crippen LogP contribution in [0.3, 0.4) is 0 Å². The SMILES string of the molecule is COCOc1cc(OS(=O)(=O)C(F)(F)F)c2ccc(C(F)(F)F)cc2c1. The largest absolute Gasteiger partial charge is 0.534 e. The van der Waals surface area contributed by atoms with Crippen molar-refractivity contribution in [2.45, 2.75) is 11.7 Å². The maximum atomic E-state index is 12.8. The maximum Gasteiger partial charge on any atom is 0.534 e. The standard InChI is InChI=1S/C14H10F6O5S/c1-23-7-24-10-5-8-4-9(13(15,16)17)2-3-11(8)12(6-10)25-26(21,22)14(18,19)20/h2-6H,7H2,1H3. The van der Waals surface area contributed by atoms with Crippen LogP contribution in [-0.2, 0) is 21.0 Å². The van der Waals surface area contributed by atoms with Crippen molar-refractivity contribution in [2.24, 2.45) is 0 Å². The van der Waals surface area contributed by atoms with E-state index >= 15 is 0 Å². The molecule has 2 rings (SSSR count). The molecule has 0 spiro atoms. The Balaban J connectivity index is 2.63. The number of alkyl halides is 6. The van der Waals surface area contributed by atoms with Gasteiger partial charge >= 0.3 is 21.8 Å². The van der Waals surface area contributed by atoms with Gasteiger partial charge in [0.2, 0.25) is 0 Å². The molecule has 144 valence electrons. The molecule has 0 N–H and O–H groups in total. The van der Waals surface area contributed by atoms with Crippen LogP contribution >= 0.6 is 0 Å². The molecule has 0 saturated heterocycles. The predicted molar refractivity (Wildman–Crippen MR) is 77.1 cm³/mol. The van der Waals surface area contributed by atoms with Crippen molar-refractivity contribution in [3.05, 3.63) is 35.9 Å². The lowest BCUT2D eigenvalue weighted by Crippen LogP contribution is -2.28. The summed E-state index contributed by atoms with van der Waals surface area (Å²) in [6.07, 6.45) is -4.71. The quantitative estimate of drug-likeness (QED) is 0.325. The van der Waals surface area contributed by atoms with E-state index in [0.29, 0.717) is 12.1 Å². The molecular weight excluding hydrogens is 394 g/mol. The Morgan fingerprint density at radius 3 is 2.19 bits per heavy atom. The first-order valence-electron chi connectivity index (χ1n) is 6.62. The molecule has 0 aliphatic rings. The summed E-state index contributed by atoms with van der Waals surface area (Å²) in [6.45, 7) is -0.379. The van der Waals surface area contributed by atoms with Crippen LogP contribution < -0.4 is 8.92 Å². The van der Waals surface area contributed by atoms with E-state index in [1.807, 2.05) is 0 Å². The number of ether oxygens (including phenoxy) is 2. The molecule has 26 heavy (non-hydrogen) atoms. The highest BCUT2D eigenvalue weighted by atomic mass is 32.2. The smallest absolute Gasteiger partial charge is 0.467 e. The van der Waals surface area contributed by atoms with E-state index in [-0.39, 0.29) is 23.3 Å². The van der Waals surface area contributed by atoms with Gasteiger partial charge in [0, 0.05) is 18.6 Å². The molecule has 0 saturated carbocycles. The number of fused-ring (bicyclic) bond motifs is 1. The molecule has 0 aliphatic heterocycles. The fraction of sp³-hybridized carbons (Fsp3) is 0.286. The van der Waals surface area contributed by atoms with E-state index in [0.717, 1.165) is 18.2 Å². The van der Waals surface area contributed by atoms with Crippen molar-refractivity contribution in [3.8, 4) is 11.5 Å². The summed E-state index contributed by atoms with van der Waals surface area (Å²) in [5.74, 6) is -1.08. The van der Waals surface area contributed by atoms with Gasteiger partial charge in [-0.3, -0.25) is 0 Å². The summed E-state index contributed by atoms with van der Waals surface area (Å²) in [7, 11) is -4.80. The molecule has 12 heteroatoms. The minimum absolute atomic E-state index is 0.235. The van der Waals surface area contributed by atoms with Crippen LogP contribution in [-0.4, -0.2) is 27.8 Å². The lowest BCUT2D eigenvalue weighted by molar-refractivity contribution is -0.137. The van der Waals surface area contributed by atoms with Crippen LogP contribution in [0, 0.1) is 0 Å². The summed E-state index contributed by atoms with van der Waals surface area (Å²) < 4.78 is 112. The molecule has 2 aromatic rings. The van der Waals surface area contributed by atoms with Crippen molar-refractivity contribution in [1.82, 2.24) is 0 Å². The Hall–Kier alpha value is -2.21. The number of methoxy groups -OCH3 is 1. The molecule has 2 aromatic carbocycles.